The highest BCUT2D eigenvalue weighted by Crippen LogP contribution is 2.29. The molecule has 1 heterocycles. The minimum atomic E-state index is -0.656. The number of hydrogen-bond donors (Lipinski definition) is 1. The maximum absolute atomic E-state index is 12.1. The lowest BCUT2D eigenvalue weighted by Crippen LogP contribution is -2.52. The average molecular weight is 512 g/mol. The predicted octanol–water partition coefficient (Wildman–Crippen LogP) is 2.04. The molecule has 0 unspecified atom stereocenters. The van der Waals surface area contributed by atoms with Crippen molar-refractivity contribution in [1.82, 2.24) is 9.80 Å². The number of imide groups is 2. The largest absolute Gasteiger partial charge is 0.506 e. The number of carbonyl (C=O) groups is 3. The highest BCUT2D eigenvalue weighted by molar-refractivity contribution is 14.1. The number of carbonyl (C=O) groups excluding carboxylic acids is 3. The number of benzene rings is 1. The van der Waals surface area contributed by atoms with Gasteiger partial charge in [0.15, 0.2) is 0 Å². The maximum Gasteiger partial charge on any atom is 0.333 e. The molecule has 0 bridgehead atoms. The Kier molecular flexibility index (Phi) is 4.56. The van der Waals surface area contributed by atoms with E-state index >= 15 is 0 Å². The molecule has 2 rings (SSSR count). The molecule has 0 saturated carbocycles. The molecule has 1 saturated heterocycles. The van der Waals surface area contributed by atoms with Crippen LogP contribution in [-0.4, -0.2) is 46.8 Å². The number of rotatable bonds is 1. The van der Waals surface area contributed by atoms with Gasteiger partial charge in [-0.2, -0.15) is 0 Å². The molecular weight excluding hydrogens is 502 g/mol. The topological polar surface area (TPSA) is 77.9 Å². The van der Waals surface area contributed by atoms with E-state index in [-0.39, 0.29) is 11.3 Å². The summed E-state index contributed by atoms with van der Waals surface area (Å²) in [6.07, 6.45) is 1.42. The smallest absolute Gasteiger partial charge is 0.333 e. The summed E-state index contributed by atoms with van der Waals surface area (Å²) in [6, 6.07) is 2.65. The number of phenolic OH excluding ortho intramolecular Hbond substituents is 1. The molecule has 1 aliphatic rings. The molecule has 1 aliphatic heterocycles. The van der Waals surface area contributed by atoms with Gasteiger partial charge in [-0.15, -0.1) is 0 Å². The van der Waals surface area contributed by atoms with Crippen LogP contribution in [0.2, 0.25) is 0 Å². The van der Waals surface area contributed by atoms with Crippen molar-refractivity contribution in [2.75, 3.05) is 14.1 Å². The fourth-order valence-electron chi connectivity index (χ4n) is 1.81. The molecule has 21 heavy (non-hydrogen) atoms. The summed E-state index contributed by atoms with van der Waals surface area (Å²) in [5.74, 6) is -1.12. The number of hydrogen-bond acceptors (Lipinski definition) is 4. The summed E-state index contributed by atoms with van der Waals surface area (Å²) >= 11 is 3.93. The lowest BCUT2D eigenvalue weighted by atomic mass is 10.1. The van der Waals surface area contributed by atoms with Gasteiger partial charge in [-0.3, -0.25) is 19.4 Å². The van der Waals surface area contributed by atoms with Crippen molar-refractivity contribution in [2.24, 2.45) is 0 Å². The summed E-state index contributed by atoms with van der Waals surface area (Å²) in [5.41, 5.74) is 0.520. The summed E-state index contributed by atoms with van der Waals surface area (Å²) in [7, 11) is 2.65. The molecule has 8 heteroatoms. The molecule has 0 spiro atoms. The molecular formula is C13H10I2N2O4. The average Bonchev–Trinajstić information content (AvgIpc) is 2.45. The van der Waals surface area contributed by atoms with Crippen LogP contribution in [0.25, 0.3) is 6.08 Å². The molecule has 4 amide bonds. The third-order valence-electron chi connectivity index (χ3n) is 2.99. The van der Waals surface area contributed by atoms with Gasteiger partial charge in [0, 0.05) is 14.1 Å². The van der Waals surface area contributed by atoms with Crippen molar-refractivity contribution in [1.29, 1.82) is 0 Å². The molecule has 1 N–H and O–H groups in total. The van der Waals surface area contributed by atoms with Crippen LogP contribution in [0.15, 0.2) is 17.7 Å². The lowest BCUT2D eigenvalue weighted by Gasteiger charge is -2.28. The van der Waals surface area contributed by atoms with Gasteiger partial charge in [-0.25, -0.2) is 4.79 Å². The van der Waals surface area contributed by atoms with Crippen molar-refractivity contribution in [3.8, 4) is 5.75 Å². The van der Waals surface area contributed by atoms with Crippen LogP contribution < -0.4 is 0 Å². The Morgan fingerprint density at radius 2 is 1.43 bits per heavy atom. The van der Waals surface area contributed by atoms with Crippen LogP contribution in [0, 0.1) is 7.14 Å². The van der Waals surface area contributed by atoms with Crippen molar-refractivity contribution in [3.05, 3.63) is 30.4 Å². The predicted molar refractivity (Wildman–Crippen MR) is 92.5 cm³/mol. The van der Waals surface area contributed by atoms with Gasteiger partial charge in [0.25, 0.3) is 11.8 Å². The van der Waals surface area contributed by atoms with Crippen LogP contribution in [0.4, 0.5) is 4.79 Å². The zero-order chi connectivity index (χ0) is 15.9. The molecule has 0 atom stereocenters. The number of urea groups is 1. The second-order valence-corrected chi connectivity index (χ2v) is 6.73. The van der Waals surface area contributed by atoms with E-state index in [1.807, 2.05) is 45.2 Å². The number of amides is 4. The van der Waals surface area contributed by atoms with Crippen LogP contribution >= 0.6 is 45.2 Å². The van der Waals surface area contributed by atoms with Crippen molar-refractivity contribution in [3.63, 3.8) is 0 Å². The second-order valence-electron chi connectivity index (χ2n) is 4.40. The monoisotopic (exact) mass is 512 g/mol. The van der Waals surface area contributed by atoms with E-state index in [9.17, 15) is 19.5 Å². The fraction of sp³-hybridized carbons (Fsp3) is 0.154. The lowest BCUT2D eigenvalue weighted by molar-refractivity contribution is -0.134. The number of halogens is 2. The molecule has 0 radical (unpaired) electrons. The van der Waals surface area contributed by atoms with Crippen molar-refractivity contribution in [2.45, 2.75) is 0 Å². The van der Waals surface area contributed by atoms with Crippen LogP contribution in [-0.2, 0) is 9.59 Å². The van der Waals surface area contributed by atoms with Gasteiger partial charge in [-0.1, -0.05) is 0 Å². The van der Waals surface area contributed by atoms with Gasteiger partial charge < -0.3 is 5.11 Å². The van der Waals surface area contributed by atoms with Crippen LogP contribution in [0.1, 0.15) is 5.56 Å². The highest BCUT2D eigenvalue weighted by atomic mass is 127. The number of aromatic hydroxyl groups is 1. The van der Waals surface area contributed by atoms with E-state index in [4.69, 9.17) is 0 Å². The van der Waals surface area contributed by atoms with E-state index in [1.165, 1.54) is 20.2 Å². The van der Waals surface area contributed by atoms with Gasteiger partial charge in [0.1, 0.15) is 11.3 Å². The third-order valence-corrected chi connectivity index (χ3v) is 4.64. The minimum Gasteiger partial charge on any atom is -0.506 e. The normalized spacial score (nSPS) is 15.8. The van der Waals surface area contributed by atoms with E-state index < -0.39 is 17.8 Å². The standard InChI is InChI=1S/C13H10I2N2O4/c1-16-11(19)7(12(20)17(2)13(16)21)3-6-4-8(14)10(18)9(15)5-6/h3-5,18H,1-2H3. The molecule has 110 valence electrons. The zero-order valence-electron chi connectivity index (χ0n) is 11.1. The van der Waals surface area contributed by atoms with Crippen LogP contribution in [0.3, 0.4) is 0 Å². The van der Waals surface area contributed by atoms with E-state index in [1.54, 1.807) is 12.1 Å². The Balaban J connectivity index is 2.51. The quantitative estimate of drug-likeness (QED) is 0.355. The Morgan fingerprint density at radius 3 is 1.86 bits per heavy atom. The molecule has 1 fully saturated rings. The Labute approximate surface area is 148 Å². The van der Waals surface area contributed by atoms with E-state index in [2.05, 4.69) is 0 Å². The first-order chi connectivity index (χ1) is 9.73. The number of phenols is 1. The minimum absolute atomic E-state index is 0.0862. The Hall–Kier alpha value is -1.17. The van der Waals surface area contributed by atoms with Gasteiger partial charge in [0.05, 0.1) is 7.14 Å². The van der Waals surface area contributed by atoms with Gasteiger partial charge in [0.2, 0.25) is 0 Å². The molecule has 0 aliphatic carbocycles. The Bertz CT molecular complexity index is 650. The number of likely N-dealkylation sites (N-methyl/N-ethyl adjacent to an activating group) is 2. The fourth-order valence-corrected chi connectivity index (χ4v) is 3.63. The first-order valence-electron chi connectivity index (χ1n) is 5.73. The highest BCUT2D eigenvalue weighted by Gasteiger charge is 2.37. The summed E-state index contributed by atoms with van der Waals surface area (Å²) < 4.78 is 1.22. The van der Waals surface area contributed by atoms with Crippen molar-refractivity contribution < 1.29 is 19.5 Å². The maximum atomic E-state index is 12.1. The zero-order valence-corrected chi connectivity index (χ0v) is 15.4. The third kappa shape index (κ3) is 2.91. The summed E-state index contributed by atoms with van der Waals surface area (Å²) in [6.45, 7) is 0. The Morgan fingerprint density at radius 1 is 1.00 bits per heavy atom. The first kappa shape index (κ1) is 16.2. The van der Waals surface area contributed by atoms with Crippen LogP contribution in [0.5, 0.6) is 5.75 Å². The SMILES string of the molecule is CN1C(=O)C(=Cc2cc(I)c(O)c(I)c2)C(=O)N(C)C1=O. The second kappa shape index (κ2) is 5.91. The molecule has 6 nitrogen and oxygen atoms in total. The van der Waals surface area contributed by atoms with E-state index in [0.29, 0.717) is 12.7 Å². The molecule has 1 aromatic rings. The van der Waals surface area contributed by atoms with Gasteiger partial charge >= 0.3 is 6.03 Å². The number of nitrogens with zero attached hydrogens (tertiary/aromatic N) is 2. The van der Waals surface area contributed by atoms with Gasteiger partial charge in [-0.05, 0) is 69.0 Å². The molecule has 0 aromatic heterocycles. The van der Waals surface area contributed by atoms with Crippen molar-refractivity contribution >= 4 is 69.1 Å². The number of barbiturate groups is 1. The van der Waals surface area contributed by atoms with E-state index in [0.717, 1.165) is 9.80 Å². The molecule has 1 aromatic carbocycles. The first-order valence-corrected chi connectivity index (χ1v) is 7.89. The summed E-state index contributed by atoms with van der Waals surface area (Å²) in [5, 5.41) is 9.73. The summed E-state index contributed by atoms with van der Waals surface area (Å²) in [4.78, 5) is 37.6.